The van der Waals surface area contributed by atoms with Crippen LogP contribution in [-0.2, 0) is 9.59 Å². The van der Waals surface area contributed by atoms with E-state index >= 15 is 0 Å². The van der Waals surface area contributed by atoms with Crippen molar-refractivity contribution in [2.75, 3.05) is 0 Å². The number of ether oxygens (including phenoxy) is 1. The summed E-state index contributed by atoms with van der Waals surface area (Å²) in [7, 11) is 0. The molecule has 1 aliphatic heterocycles. The van der Waals surface area contributed by atoms with E-state index in [1.807, 2.05) is 0 Å². The standard InChI is InChI=1S/C13H10F3N3O5S/c14-13(15,16)24-7-2-1-6(8(20)3-7)5-17-19-12-18-11(23)9(25-12)4-10(21)22/h1-3,5,9,20H,4H2,(H,21,22)(H,18,19,23). The number of hydrogen-bond acceptors (Lipinski definition) is 7. The second-order valence-corrected chi connectivity index (χ2v) is 5.80. The molecule has 0 spiro atoms. The number of hydrogen-bond donors (Lipinski definition) is 3. The summed E-state index contributed by atoms with van der Waals surface area (Å²) < 4.78 is 39.9. The first kappa shape index (κ1) is 18.6. The number of benzene rings is 1. The average molecular weight is 377 g/mol. The van der Waals surface area contributed by atoms with Crippen LogP contribution in [0.25, 0.3) is 0 Å². The molecule has 0 aromatic heterocycles. The van der Waals surface area contributed by atoms with Crippen molar-refractivity contribution in [2.24, 2.45) is 10.2 Å². The molecule has 2 rings (SSSR count). The molecule has 0 saturated carbocycles. The highest BCUT2D eigenvalue weighted by molar-refractivity contribution is 8.15. The van der Waals surface area contributed by atoms with Gasteiger partial charge in [0.2, 0.25) is 5.91 Å². The maximum absolute atomic E-state index is 12.1. The van der Waals surface area contributed by atoms with Crippen LogP contribution in [-0.4, -0.2) is 45.1 Å². The lowest BCUT2D eigenvalue weighted by Gasteiger charge is -2.09. The zero-order chi connectivity index (χ0) is 18.6. The summed E-state index contributed by atoms with van der Waals surface area (Å²) in [6.07, 6.45) is -4.20. The number of halogens is 3. The predicted molar refractivity (Wildman–Crippen MR) is 81.6 cm³/mol. The van der Waals surface area contributed by atoms with Gasteiger partial charge in [0.05, 0.1) is 12.6 Å². The highest BCUT2D eigenvalue weighted by Crippen LogP contribution is 2.27. The molecule has 1 aliphatic rings. The Morgan fingerprint density at radius 2 is 2.16 bits per heavy atom. The van der Waals surface area contributed by atoms with Crippen LogP contribution in [0.5, 0.6) is 11.5 Å². The molecule has 134 valence electrons. The lowest BCUT2D eigenvalue weighted by atomic mass is 10.2. The molecule has 1 heterocycles. The molecular weight excluding hydrogens is 367 g/mol. The Morgan fingerprint density at radius 3 is 2.76 bits per heavy atom. The van der Waals surface area contributed by atoms with E-state index in [0.717, 1.165) is 36.2 Å². The van der Waals surface area contributed by atoms with E-state index in [0.29, 0.717) is 0 Å². The number of thioether (sulfide) groups is 1. The fourth-order valence-corrected chi connectivity index (χ4v) is 2.63. The largest absolute Gasteiger partial charge is 0.573 e. The van der Waals surface area contributed by atoms with Gasteiger partial charge in [0.1, 0.15) is 16.7 Å². The number of rotatable bonds is 5. The highest BCUT2D eigenvalue weighted by atomic mass is 32.2. The van der Waals surface area contributed by atoms with Crippen LogP contribution in [0.2, 0.25) is 0 Å². The third kappa shape index (κ3) is 5.67. The lowest BCUT2D eigenvalue weighted by Crippen LogP contribution is -2.26. The van der Waals surface area contributed by atoms with E-state index in [4.69, 9.17) is 5.11 Å². The fourth-order valence-electron chi connectivity index (χ4n) is 1.72. The highest BCUT2D eigenvalue weighted by Gasteiger charge is 2.32. The summed E-state index contributed by atoms with van der Waals surface area (Å²) in [6.45, 7) is 0. The van der Waals surface area contributed by atoms with Gasteiger partial charge in [-0.15, -0.1) is 18.3 Å². The molecule has 1 saturated heterocycles. The topological polar surface area (TPSA) is 121 Å². The third-order valence-corrected chi connectivity index (χ3v) is 3.79. The average Bonchev–Trinajstić information content (AvgIpc) is 2.79. The zero-order valence-corrected chi connectivity index (χ0v) is 13.0. The van der Waals surface area contributed by atoms with Gasteiger partial charge in [-0.2, -0.15) is 5.10 Å². The number of nitrogens with one attached hydrogen (secondary N) is 1. The quantitative estimate of drug-likeness (QED) is 0.530. The number of aromatic hydroxyl groups is 1. The molecule has 0 bridgehead atoms. The van der Waals surface area contributed by atoms with E-state index in [2.05, 4.69) is 20.3 Å². The number of carboxylic acids is 1. The molecule has 1 amide bonds. The molecule has 0 radical (unpaired) electrons. The smallest absolute Gasteiger partial charge is 0.507 e. The Morgan fingerprint density at radius 1 is 1.44 bits per heavy atom. The van der Waals surface area contributed by atoms with E-state index in [-0.39, 0.29) is 17.2 Å². The summed E-state index contributed by atoms with van der Waals surface area (Å²) >= 11 is 0.882. The number of amides is 1. The van der Waals surface area contributed by atoms with Crippen molar-refractivity contribution in [3.8, 4) is 11.5 Å². The minimum Gasteiger partial charge on any atom is -0.507 e. The molecule has 25 heavy (non-hydrogen) atoms. The Labute approximate surface area is 142 Å². The maximum Gasteiger partial charge on any atom is 0.573 e. The van der Waals surface area contributed by atoms with Crippen molar-refractivity contribution < 1.29 is 37.7 Å². The maximum atomic E-state index is 12.1. The van der Waals surface area contributed by atoms with Crippen molar-refractivity contribution >= 4 is 35.0 Å². The number of carbonyl (C=O) groups is 2. The van der Waals surface area contributed by atoms with E-state index in [9.17, 15) is 27.9 Å². The SMILES string of the molecule is O=C(O)CC1SC(=NN=Cc2ccc(OC(F)(F)F)cc2O)NC1=O. The molecule has 12 heteroatoms. The number of phenolic OH excluding ortho intramolecular Hbond substituents is 1. The summed E-state index contributed by atoms with van der Waals surface area (Å²) in [5, 5.41) is 27.1. The van der Waals surface area contributed by atoms with Crippen LogP contribution in [0.1, 0.15) is 12.0 Å². The molecule has 1 fully saturated rings. The van der Waals surface area contributed by atoms with Crippen LogP contribution >= 0.6 is 11.8 Å². The number of alkyl halides is 3. The van der Waals surface area contributed by atoms with E-state index in [1.165, 1.54) is 0 Å². The van der Waals surface area contributed by atoms with Crippen molar-refractivity contribution in [3.63, 3.8) is 0 Å². The normalized spacial score (nSPS) is 19.4. The molecule has 3 N–H and O–H groups in total. The van der Waals surface area contributed by atoms with Gasteiger partial charge in [0.15, 0.2) is 5.17 Å². The first-order valence-electron chi connectivity index (χ1n) is 6.53. The van der Waals surface area contributed by atoms with Gasteiger partial charge in [-0.1, -0.05) is 11.8 Å². The van der Waals surface area contributed by atoms with Crippen molar-refractivity contribution in [1.82, 2.24) is 5.32 Å². The van der Waals surface area contributed by atoms with Gasteiger partial charge < -0.3 is 20.3 Å². The molecule has 8 nitrogen and oxygen atoms in total. The number of amidine groups is 1. The molecular formula is C13H10F3N3O5S. The van der Waals surface area contributed by atoms with Gasteiger partial charge in [0.25, 0.3) is 0 Å². The number of aliphatic carboxylic acids is 1. The summed E-state index contributed by atoms with van der Waals surface area (Å²) in [4.78, 5) is 22.1. The molecule has 1 unspecified atom stereocenters. The number of nitrogens with zero attached hydrogens (tertiary/aromatic N) is 2. The van der Waals surface area contributed by atoms with Gasteiger partial charge in [-0.3, -0.25) is 9.59 Å². The Balaban J connectivity index is 2.02. The minimum atomic E-state index is -4.88. The lowest BCUT2D eigenvalue weighted by molar-refractivity contribution is -0.274. The monoisotopic (exact) mass is 377 g/mol. The van der Waals surface area contributed by atoms with Crippen LogP contribution in [0.3, 0.4) is 0 Å². The van der Waals surface area contributed by atoms with E-state index < -0.39 is 35.0 Å². The van der Waals surface area contributed by atoms with Crippen LogP contribution < -0.4 is 10.1 Å². The van der Waals surface area contributed by atoms with Crippen molar-refractivity contribution in [1.29, 1.82) is 0 Å². The Kier molecular flexibility index (Phi) is 5.51. The molecule has 0 aliphatic carbocycles. The molecule has 1 aromatic carbocycles. The summed E-state index contributed by atoms with van der Waals surface area (Å²) in [6, 6.07) is 2.88. The van der Waals surface area contributed by atoms with Gasteiger partial charge in [-0.25, -0.2) is 0 Å². The summed E-state index contributed by atoms with van der Waals surface area (Å²) in [5.74, 6) is -2.76. The zero-order valence-electron chi connectivity index (χ0n) is 12.1. The fraction of sp³-hybridized carbons (Fsp3) is 0.231. The van der Waals surface area contributed by atoms with Crippen LogP contribution in [0.15, 0.2) is 28.4 Å². The Bertz CT molecular complexity index is 751. The second kappa shape index (κ2) is 7.42. The minimum absolute atomic E-state index is 0.0651. The van der Waals surface area contributed by atoms with Gasteiger partial charge in [0, 0.05) is 11.6 Å². The number of carboxylic acid groups (broad SMARTS) is 1. The van der Waals surface area contributed by atoms with Crippen molar-refractivity contribution in [3.05, 3.63) is 23.8 Å². The van der Waals surface area contributed by atoms with Gasteiger partial charge >= 0.3 is 12.3 Å². The molecule has 1 atom stereocenters. The van der Waals surface area contributed by atoms with Gasteiger partial charge in [-0.05, 0) is 12.1 Å². The Hall–Kier alpha value is -2.76. The third-order valence-electron chi connectivity index (χ3n) is 2.72. The van der Waals surface area contributed by atoms with Crippen LogP contribution in [0.4, 0.5) is 13.2 Å². The van der Waals surface area contributed by atoms with Crippen molar-refractivity contribution in [2.45, 2.75) is 18.0 Å². The van der Waals surface area contributed by atoms with Crippen LogP contribution in [0, 0.1) is 0 Å². The first-order valence-corrected chi connectivity index (χ1v) is 7.41. The molecule has 1 aromatic rings. The second-order valence-electron chi connectivity index (χ2n) is 4.61. The van der Waals surface area contributed by atoms with E-state index in [1.54, 1.807) is 0 Å². The number of phenols is 1. The summed E-state index contributed by atoms with van der Waals surface area (Å²) in [5.41, 5.74) is 0.0651. The predicted octanol–water partition coefficient (Wildman–Crippen LogP) is 1.69. The number of carbonyl (C=O) groups excluding carboxylic acids is 1. The first-order chi connectivity index (χ1) is 11.6.